The Hall–Kier alpha value is -1.55. The Bertz CT molecular complexity index is 443. The van der Waals surface area contributed by atoms with E-state index in [1.807, 2.05) is 25.4 Å². The van der Waals surface area contributed by atoms with Crippen LogP contribution in [0, 0.1) is 0 Å². The number of hydrogen-bond donors (Lipinski definition) is 1. The van der Waals surface area contributed by atoms with Gasteiger partial charge >= 0.3 is 0 Å². The van der Waals surface area contributed by atoms with Gasteiger partial charge in [0, 0.05) is 23.3 Å². The minimum absolute atomic E-state index is 0.602. The lowest BCUT2D eigenvalue weighted by Gasteiger charge is -1.99. The van der Waals surface area contributed by atoms with Gasteiger partial charge < -0.3 is 5.73 Å². The lowest BCUT2D eigenvalue weighted by atomic mass is 10.1. The maximum absolute atomic E-state index is 5.87. The number of anilines is 1. The van der Waals surface area contributed by atoms with Gasteiger partial charge in [0.25, 0.3) is 0 Å². The lowest BCUT2D eigenvalue weighted by Crippen LogP contribution is -1.86. The first kappa shape index (κ1) is 9.02. The molecule has 0 aliphatic heterocycles. The normalized spacial score (nSPS) is 10.4. The first-order valence-corrected chi connectivity index (χ1v) is 4.46. The highest BCUT2D eigenvalue weighted by molar-refractivity contribution is 6.31. The van der Waals surface area contributed by atoms with E-state index in [-0.39, 0.29) is 0 Å². The van der Waals surface area contributed by atoms with Crippen molar-refractivity contribution < 1.29 is 0 Å². The predicted octanol–water partition coefficient (Wildman–Crippen LogP) is 1.72. The molecule has 0 radical (unpaired) electrons. The highest BCUT2D eigenvalue weighted by Gasteiger charge is 2.03. The lowest BCUT2D eigenvalue weighted by molar-refractivity contribution is 0.715. The minimum atomic E-state index is 0.602. The molecule has 0 spiro atoms. The quantitative estimate of drug-likeness (QED) is 0.726. The maximum Gasteiger partial charge on any atom is 0.113 e. The molecule has 14 heavy (non-hydrogen) atoms. The summed E-state index contributed by atoms with van der Waals surface area (Å²) in [6, 6.07) is 5.32. The fourth-order valence-corrected chi connectivity index (χ4v) is 1.48. The molecular weight excluding hydrogens is 200 g/mol. The van der Waals surface area contributed by atoms with Crippen molar-refractivity contribution in [3.05, 3.63) is 29.4 Å². The number of benzene rings is 1. The van der Waals surface area contributed by atoms with Crippen LogP contribution in [0.15, 0.2) is 24.4 Å². The number of rotatable bonds is 1. The highest BCUT2D eigenvalue weighted by Crippen LogP contribution is 2.23. The summed E-state index contributed by atoms with van der Waals surface area (Å²) < 4.78 is 1.63. The van der Waals surface area contributed by atoms with E-state index in [4.69, 9.17) is 17.3 Å². The number of nitrogens with zero attached hydrogens (tertiary/aromatic N) is 3. The molecule has 0 saturated carbocycles. The predicted molar refractivity (Wildman–Crippen MR) is 55.9 cm³/mol. The summed E-state index contributed by atoms with van der Waals surface area (Å²) in [6.45, 7) is 0. The Morgan fingerprint density at radius 1 is 1.36 bits per heavy atom. The summed E-state index contributed by atoms with van der Waals surface area (Å²) in [5.74, 6) is 0. The van der Waals surface area contributed by atoms with Crippen molar-refractivity contribution in [3.8, 4) is 11.3 Å². The Morgan fingerprint density at radius 2 is 2.14 bits per heavy atom. The van der Waals surface area contributed by atoms with Gasteiger partial charge in [0.15, 0.2) is 0 Å². The van der Waals surface area contributed by atoms with Crippen LogP contribution in [-0.2, 0) is 7.05 Å². The SMILES string of the molecule is Cn1cc(-c2cc(N)cc(Cl)c2)nn1. The summed E-state index contributed by atoms with van der Waals surface area (Å²) >= 11 is 5.87. The second kappa shape index (κ2) is 3.31. The van der Waals surface area contributed by atoms with E-state index in [9.17, 15) is 0 Å². The molecule has 2 N–H and O–H groups in total. The molecule has 1 aromatic carbocycles. The molecule has 1 heterocycles. The molecule has 0 aliphatic rings. The van der Waals surface area contributed by atoms with E-state index in [0.29, 0.717) is 10.7 Å². The van der Waals surface area contributed by atoms with Crippen molar-refractivity contribution in [1.82, 2.24) is 15.0 Å². The zero-order chi connectivity index (χ0) is 10.1. The molecule has 0 unspecified atom stereocenters. The summed E-state index contributed by atoms with van der Waals surface area (Å²) in [6.07, 6.45) is 1.81. The van der Waals surface area contributed by atoms with E-state index in [1.165, 1.54) is 0 Å². The number of halogens is 1. The van der Waals surface area contributed by atoms with Crippen LogP contribution in [0.3, 0.4) is 0 Å². The molecule has 0 saturated heterocycles. The van der Waals surface area contributed by atoms with E-state index in [1.54, 1.807) is 10.7 Å². The monoisotopic (exact) mass is 208 g/mol. The Kier molecular flexibility index (Phi) is 2.13. The van der Waals surface area contributed by atoms with Crippen LogP contribution in [0.4, 0.5) is 5.69 Å². The van der Waals surface area contributed by atoms with Gasteiger partial charge in [0.2, 0.25) is 0 Å². The molecule has 2 rings (SSSR count). The van der Waals surface area contributed by atoms with Crippen LogP contribution in [0.1, 0.15) is 0 Å². The fourth-order valence-electron chi connectivity index (χ4n) is 1.24. The van der Waals surface area contributed by atoms with Crippen molar-refractivity contribution >= 4 is 17.3 Å². The molecule has 1 aromatic heterocycles. The van der Waals surface area contributed by atoms with Gasteiger partial charge in [-0.3, -0.25) is 4.68 Å². The number of hydrogen-bond acceptors (Lipinski definition) is 3. The van der Waals surface area contributed by atoms with Crippen molar-refractivity contribution in [2.24, 2.45) is 7.05 Å². The zero-order valence-corrected chi connectivity index (χ0v) is 8.36. The first-order valence-electron chi connectivity index (χ1n) is 4.08. The van der Waals surface area contributed by atoms with Crippen molar-refractivity contribution in [3.63, 3.8) is 0 Å². The van der Waals surface area contributed by atoms with E-state index in [0.717, 1.165) is 11.3 Å². The topological polar surface area (TPSA) is 56.7 Å². The van der Waals surface area contributed by atoms with E-state index >= 15 is 0 Å². The first-order chi connectivity index (χ1) is 6.65. The molecule has 5 heteroatoms. The molecule has 0 aliphatic carbocycles. The van der Waals surface area contributed by atoms with Crippen molar-refractivity contribution in [2.45, 2.75) is 0 Å². The summed E-state index contributed by atoms with van der Waals surface area (Å²) in [5, 5.41) is 8.40. The zero-order valence-electron chi connectivity index (χ0n) is 7.61. The third-order valence-corrected chi connectivity index (χ3v) is 2.04. The fraction of sp³-hybridized carbons (Fsp3) is 0.111. The second-order valence-corrected chi connectivity index (χ2v) is 3.49. The second-order valence-electron chi connectivity index (χ2n) is 3.05. The number of nitrogen functional groups attached to an aromatic ring is 1. The molecule has 0 amide bonds. The van der Waals surface area contributed by atoms with Crippen molar-refractivity contribution in [1.29, 1.82) is 0 Å². The van der Waals surface area contributed by atoms with Gasteiger partial charge in [-0.25, -0.2) is 0 Å². The Morgan fingerprint density at radius 3 is 2.71 bits per heavy atom. The van der Waals surface area contributed by atoms with E-state index < -0.39 is 0 Å². The smallest absolute Gasteiger partial charge is 0.113 e. The number of aromatic nitrogens is 3. The summed E-state index contributed by atoms with van der Waals surface area (Å²) in [5.41, 5.74) is 7.93. The van der Waals surface area contributed by atoms with Crippen LogP contribution in [0.2, 0.25) is 5.02 Å². The summed E-state index contributed by atoms with van der Waals surface area (Å²) in [7, 11) is 1.81. The third-order valence-electron chi connectivity index (χ3n) is 1.82. The van der Waals surface area contributed by atoms with Crippen molar-refractivity contribution in [2.75, 3.05) is 5.73 Å². The molecular formula is C9H9ClN4. The van der Waals surface area contributed by atoms with Gasteiger partial charge in [-0.15, -0.1) is 5.10 Å². The van der Waals surface area contributed by atoms with Crippen LogP contribution in [0.25, 0.3) is 11.3 Å². The van der Waals surface area contributed by atoms with Gasteiger partial charge in [0.1, 0.15) is 5.69 Å². The standard InChI is InChI=1S/C9H9ClN4/c1-14-5-9(12-13-14)6-2-7(10)4-8(11)3-6/h2-5H,11H2,1H3. The van der Waals surface area contributed by atoms with Gasteiger partial charge in [-0.05, 0) is 18.2 Å². The molecule has 0 atom stereocenters. The minimum Gasteiger partial charge on any atom is -0.399 e. The average Bonchev–Trinajstić information content (AvgIpc) is 2.50. The van der Waals surface area contributed by atoms with Gasteiger partial charge in [0.05, 0.1) is 6.20 Å². The van der Waals surface area contributed by atoms with Crippen LogP contribution in [0.5, 0.6) is 0 Å². The number of aryl methyl sites for hydroxylation is 1. The molecule has 72 valence electrons. The Labute approximate surface area is 86.3 Å². The number of nitrogens with two attached hydrogens (primary N) is 1. The molecule has 0 fully saturated rings. The average molecular weight is 209 g/mol. The third kappa shape index (κ3) is 1.70. The van der Waals surface area contributed by atoms with Gasteiger partial charge in [-0.2, -0.15) is 0 Å². The highest BCUT2D eigenvalue weighted by atomic mass is 35.5. The van der Waals surface area contributed by atoms with E-state index in [2.05, 4.69) is 10.3 Å². The molecule has 2 aromatic rings. The van der Waals surface area contributed by atoms with Crippen LogP contribution in [-0.4, -0.2) is 15.0 Å². The molecule has 0 bridgehead atoms. The summed E-state index contributed by atoms with van der Waals surface area (Å²) in [4.78, 5) is 0. The Balaban J connectivity index is 2.51. The maximum atomic E-state index is 5.87. The molecule has 4 nitrogen and oxygen atoms in total. The van der Waals surface area contributed by atoms with Crippen LogP contribution >= 0.6 is 11.6 Å². The van der Waals surface area contributed by atoms with Gasteiger partial charge in [-0.1, -0.05) is 16.8 Å². The largest absolute Gasteiger partial charge is 0.399 e. The van der Waals surface area contributed by atoms with Crippen LogP contribution < -0.4 is 5.73 Å².